The third-order valence-corrected chi connectivity index (χ3v) is 4.90. The van der Waals surface area contributed by atoms with Crippen LogP contribution in [0.2, 0.25) is 0 Å². The number of rotatable bonds is 4. The zero-order valence-corrected chi connectivity index (χ0v) is 15.7. The number of halogens is 3. The number of methoxy groups -OCH3 is 1. The highest BCUT2D eigenvalue weighted by Gasteiger charge is 2.36. The van der Waals surface area contributed by atoms with Gasteiger partial charge < -0.3 is 9.64 Å². The maximum absolute atomic E-state index is 13.2. The van der Waals surface area contributed by atoms with Crippen molar-refractivity contribution >= 4 is 5.91 Å². The molecule has 7 heteroatoms. The Bertz CT molecular complexity index is 806. The van der Waals surface area contributed by atoms with Gasteiger partial charge in [0.1, 0.15) is 5.75 Å². The van der Waals surface area contributed by atoms with Crippen molar-refractivity contribution in [3.05, 3.63) is 65.2 Å². The molecular formula is C21H23F3N2O2. The highest BCUT2D eigenvalue weighted by atomic mass is 19.4. The van der Waals surface area contributed by atoms with E-state index in [2.05, 4.69) is 4.90 Å². The van der Waals surface area contributed by atoms with Crippen LogP contribution in [-0.2, 0) is 12.7 Å². The average molecular weight is 392 g/mol. The van der Waals surface area contributed by atoms with Gasteiger partial charge in [0, 0.05) is 32.7 Å². The lowest BCUT2D eigenvalue weighted by molar-refractivity contribution is -0.138. The molecule has 2 aromatic rings. The average Bonchev–Trinajstić information content (AvgIpc) is 2.93. The summed E-state index contributed by atoms with van der Waals surface area (Å²) < 4.78 is 44.8. The molecule has 0 unspecified atom stereocenters. The van der Waals surface area contributed by atoms with Gasteiger partial charge in [-0.25, -0.2) is 0 Å². The number of hydrogen-bond donors (Lipinski definition) is 0. The molecule has 1 saturated heterocycles. The Morgan fingerprint density at radius 2 is 1.71 bits per heavy atom. The van der Waals surface area contributed by atoms with E-state index in [4.69, 9.17) is 4.74 Å². The van der Waals surface area contributed by atoms with E-state index in [0.29, 0.717) is 19.6 Å². The lowest BCUT2D eigenvalue weighted by Gasteiger charge is -2.23. The molecule has 0 aliphatic carbocycles. The molecule has 28 heavy (non-hydrogen) atoms. The number of amides is 1. The molecule has 0 radical (unpaired) electrons. The van der Waals surface area contributed by atoms with Gasteiger partial charge >= 0.3 is 6.18 Å². The van der Waals surface area contributed by atoms with Gasteiger partial charge in [0.05, 0.1) is 18.2 Å². The first-order valence-corrected chi connectivity index (χ1v) is 9.19. The van der Waals surface area contributed by atoms with Gasteiger partial charge in [0.2, 0.25) is 0 Å². The first-order valence-electron chi connectivity index (χ1n) is 9.19. The summed E-state index contributed by atoms with van der Waals surface area (Å²) in [6.45, 7) is 2.99. The van der Waals surface area contributed by atoms with Crippen LogP contribution in [0, 0.1) is 0 Å². The van der Waals surface area contributed by atoms with Crippen molar-refractivity contribution in [1.29, 1.82) is 0 Å². The largest absolute Gasteiger partial charge is 0.497 e. The molecule has 1 amide bonds. The second kappa shape index (κ2) is 8.65. The first-order chi connectivity index (χ1) is 13.4. The zero-order chi connectivity index (χ0) is 20.1. The number of carbonyl (C=O) groups is 1. The quantitative estimate of drug-likeness (QED) is 0.787. The Hall–Kier alpha value is -2.54. The Kier molecular flexibility index (Phi) is 6.24. The SMILES string of the molecule is COc1ccc(CN2CCCN(C(=O)c3ccccc3C(F)(F)F)CC2)cc1. The topological polar surface area (TPSA) is 32.8 Å². The van der Waals surface area contributed by atoms with Crippen LogP contribution in [-0.4, -0.2) is 49.0 Å². The second-order valence-corrected chi connectivity index (χ2v) is 6.81. The smallest absolute Gasteiger partial charge is 0.417 e. The van der Waals surface area contributed by atoms with Crippen LogP contribution >= 0.6 is 0 Å². The van der Waals surface area contributed by atoms with E-state index in [1.807, 2.05) is 24.3 Å². The van der Waals surface area contributed by atoms with Crippen LogP contribution < -0.4 is 4.74 Å². The normalized spacial score (nSPS) is 15.9. The van der Waals surface area contributed by atoms with E-state index in [1.165, 1.54) is 23.1 Å². The number of ether oxygens (including phenoxy) is 1. The minimum Gasteiger partial charge on any atom is -0.497 e. The van der Waals surface area contributed by atoms with Crippen molar-refractivity contribution in [2.24, 2.45) is 0 Å². The highest BCUT2D eigenvalue weighted by Crippen LogP contribution is 2.32. The van der Waals surface area contributed by atoms with Crippen molar-refractivity contribution < 1.29 is 22.7 Å². The van der Waals surface area contributed by atoms with E-state index in [9.17, 15) is 18.0 Å². The van der Waals surface area contributed by atoms with Gasteiger partial charge in [-0.1, -0.05) is 24.3 Å². The van der Waals surface area contributed by atoms with Crippen LogP contribution in [0.3, 0.4) is 0 Å². The number of alkyl halides is 3. The van der Waals surface area contributed by atoms with E-state index in [-0.39, 0.29) is 5.56 Å². The monoisotopic (exact) mass is 392 g/mol. The van der Waals surface area contributed by atoms with E-state index in [0.717, 1.165) is 36.9 Å². The second-order valence-electron chi connectivity index (χ2n) is 6.81. The molecule has 0 saturated carbocycles. The molecule has 2 aromatic carbocycles. The number of benzene rings is 2. The molecule has 0 bridgehead atoms. The predicted octanol–water partition coefficient (Wildman–Crippen LogP) is 4.06. The molecule has 0 N–H and O–H groups in total. The fraction of sp³-hybridized carbons (Fsp3) is 0.381. The van der Waals surface area contributed by atoms with Crippen LogP contribution in [0.15, 0.2) is 48.5 Å². The molecule has 1 aliphatic rings. The summed E-state index contributed by atoms with van der Waals surface area (Å²) >= 11 is 0. The Morgan fingerprint density at radius 3 is 2.39 bits per heavy atom. The fourth-order valence-electron chi connectivity index (χ4n) is 3.41. The summed E-state index contributed by atoms with van der Waals surface area (Å²) in [6.07, 6.45) is -3.82. The van der Waals surface area contributed by atoms with Gasteiger partial charge in [-0.3, -0.25) is 9.69 Å². The van der Waals surface area contributed by atoms with Crippen molar-refractivity contribution in [3.8, 4) is 5.75 Å². The molecule has 1 aliphatic heterocycles. The summed E-state index contributed by atoms with van der Waals surface area (Å²) in [5, 5.41) is 0. The van der Waals surface area contributed by atoms with Crippen molar-refractivity contribution in [1.82, 2.24) is 9.80 Å². The molecule has 4 nitrogen and oxygen atoms in total. The van der Waals surface area contributed by atoms with Crippen LogP contribution in [0.25, 0.3) is 0 Å². The lowest BCUT2D eigenvalue weighted by atomic mass is 10.1. The molecule has 0 atom stereocenters. The van der Waals surface area contributed by atoms with Gasteiger partial charge in [0.25, 0.3) is 5.91 Å². The van der Waals surface area contributed by atoms with Gasteiger partial charge in [-0.2, -0.15) is 13.2 Å². The Morgan fingerprint density at radius 1 is 1.00 bits per heavy atom. The summed E-state index contributed by atoms with van der Waals surface area (Å²) in [5.41, 5.74) is -0.0269. The molecule has 1 fully saturated rings. The predicted molar refractivity (Wildman–Crippen MR) is 100 cm³/mol. The third kappa shape index (κ3) is 4.84. The minimum absolute atomic E-state index is 0.279. The van der Waals surface area contributed by atoms with Gasteiger partial charge in [0.15, 0.2) is 0 Å². The molecule has 150 valence electrons. The highest BCUT2D eigenvalue weighted by molar-refractivity contribution is 5.96. The molecular weight excluding hydrogens is 369 g/mol. The number of hydrogen-bond acceptors (Lipinski definition) is 3. The molecule has 3 rings (SSSR count). The molecule has 0 aromatic heterocycles. The number of nitrogens with zero attached hydrogens (tertiary/aromatic N) is 2. The molecule has 0 spiro atoms. The standard InChI is InChI=1S/C21H23F3N2O2/c1-28-17-9-7-16(8-10-17)15-25-11-4-12-26(14-13-25)20(27)18-5-2-3-6-19(18)21(22,23)24/h2-3,5-10H,4,11-15H2,1H3. The van der Waals surface area contributed by atoms with Crippen LogP contribution in [0.4, 0.5) is 13.2 Å². The summed E-state index contributed by atoms with van der Waals surface area (Å²) in [6, 6.07) is 12.8. The maximum Gasteiger partial charge on any atom is 0.417 e. The Labute approximate surface area is 162 Å². The fourth-order valence-corrected chi connectivity index (χ4v) is 3.41. The third-order valence-electron chi connectivity index (χ3n) is 4.90. The first kappa shape index (κ1) is 20.2. The Balaban J connectivity index is 1.66. The summed E-state index contributed by atoms with van der Waals surface area (Å²) in [5.74, 6) is 0.235. The zero-order valence-electron chi connectivity index (χ0n) is 15.7. The van der Waals surface area contributed by atoms with E-state index >= 15 is 0 Å². The van der Waals surface area contributed by atoms with Crippen LogP contribution in [0.1, 0.15) is 27.9 Å². The summed E-state index contributed by atoms with van der Waals surface area (Å²) in [4.78, 5) is 16.5. The summed E-state index contributed by atoms with van der Waals surface area (Å²) in [7, 11) is 1.62. The van der Waals surface area contributed by atoms with Crippen molar-refractivity contribution in [2.75, 3.05) is 33.3 Å². The van der Waals surface area contributed by atoms with Crippen molar-refractivity contribution in [3.63, 3.8) is 0 Å². The lowest BCUT2D eigenvalue weighted by Crippen LogP contribution is -2.36. The maximum atomic E-state index is 13.2. The number of carbonyl (C=O) groups excluding carboxylic acids is 1. The minimum atomic E-state index is -4.54. The van der Waals surface area contributed by atoms with E-state index in [1.54, 1.807) is 7.11 Å². The van der Waals surface area contributed by atoms with Crippen LogP contribution in [0.5, 0.6) is 5.75 Å². The van der Waals surface area contributed by atoms with E-state index < -0.39 is 17.6 Å². The van der Waals surface area contributed by atoms with Gasteiger partial charge in [-0.05, 0) is 36.2 Å². The van der Waals surface area contributed by atoms with Gasteiger partial charge in [-0.15, -0.1) is 0 Å². The molecule has 1 heterocycles. The van der Waals surface area contributed by atoms with Crippen molar-refractivity contribution in [2.45, 2.75) is 19.1 Å².